The van der Waals surface area contributed by atoms with Crippen molar-refractivity contribution in [2.45, 2.75) is 0 Å². The van der Waals surface area contributed by atoms with Gasteiger partial charge in [0.15, 0.2) is 0 Å². The van der Waals surface area contributed by atoms with Gasteiger partial charge in [-0.25, -0.2) is 9.82 Å². The fraction of sp³-hybridized carbons (Fsp3) is 0. The lowest BCUT2D eigenvalue weighted by Gasteiger charge is -1.98. The topological polar surface area (TPSA) is 41.5 Å². The maximum absolute atomic E-state index is 12.9. The van der Waals surface area contributed by atoms with Crippen molar-refractivity contribution in [2.75, 3.05) is 0 Å². The summed E-state index contributed by atoms with van der Waals surface area (Å²) in [5, 5.41) is 3.76. The first-order valence-electron chi connectivity index (χ1n) is 6.06. The Hall–Kier alpha value is -2.75. The van der Waals surface area contributed by atoms with Crippen LogP contribution < -0.4 is 5.43 Å². The van der Waals surface area contributed by atoms with Crippen LogP contribution in [0.15, 0.2) is 65.8 Å². The molecule has 100 valence electrons. The summed E-state index contributed by atoms with van der Waals surface area (Å²) in [6.07, 6.45) is 5.03. The molecule has 0 atom stereocenters. The van der Waals surface area contributed by atoms with E-state index in [9.17, 15) is 9.18 Å². The molecule has 1 N–H and O–H groups in total. The van der Waals surface area contributed by atoms with Gasteiger partial charge >= 0.3 is 0 Å². The second-order valence-electron chi connectivity index (χ2n) is 4.00. The van der Waals surface area contributed by atoms with Gasteiger partial charge in [0.2, 0.25) is 0 Å². The molecule has 0 aliphatic carbocycles. The molecule has 0 spiro atoms. The van der Waals surface area contributed by atoms with E-state index in [4.69, 9.17) is 0 Å². The average Bonchev–Trinajstić information content (AvgIpc) is 2.48. The van der Waals surface area contributed by atoms with E-state index in [1.807, 2.05) is 36.4 Å². The minimum Gasteiger partial charge on any atom is -0.267 e. The van der Waals surface area contributed by atoms with E-state index < -0.39 is 11.7 Å². The van der Waals surface area contributed by atoms with Crippen LogP contribution in [0.2, 0.25) is 0 Å². The Kier molecular flexibility index (Phi) is 4.78. The van der Waals surface area contributed by atoms with Crippen molar-refractivity contribution < 1.29 is 9.18 Å². The zero-order valence-electron chi connectivity index (χ0n) is 10.7. The average molecular weight is 268 g/mol. The molecule has 0 heterocycles. The van der Waals surface area contributed by atoms with Crippen molar-refractivity contribution in [3.63, 3.8) is 0 Å². The molecule has 2 aromatic carbocycles. The van der Waals surface area contributed by atoms with E-state index in [1.54, 1.807) is 6.08 Å². The Labute approximate surface area is 116 Å². The first kappa shape index (κ1) is 13.7. The molecule has 0 saturated carbocycles. The highest BCUT2D eigenvalue weighted by Crippen LogP contribution is 2.03. The molecule has 0 aliphatic rings. The van der Waals surface area contributed by atoms with Gasteiger partial charge in [0.1, 0.15) is 5.82 Å². The first-order chi connectivity index (χ1) is 9.75. The van der Waals surface area contributed by atoms with E-state index in [-0.39, 0.29) is 5.56 Å². The normalized spacial score (nSPS) is 11.1. The number of nitrogens with one attached hydrogen (secondary N) is 1. The van der Waals surface area contributed by atoms with Crippen LogP contribution in [-0.2, 0) is 0 Å². The monoisotopic (exact) mass is 268 g/mol. The summed E-state index contributed by atoms with van der Waals surface area (Å²) >= 11 is 0. The summed E-state index contributed by atoms with van der Waals surface area (Å²) in [7, 11) is 0. The van der Waals surface area contributed by atoms with E-state index >= 15 is 0 Å². The fourth-order valence-corrected chi connectivity index (χ4v) is 1.55. The molecule has 3 nitrogen and oxygen atoms in total. The number of hydrogen-bond acceptors (Lipinski definition) is 2. The number of nitrogens with zero attached hydrogens (tertiary/aromatic N) is 1. The van der Waals surface area contributed by atoms with Gasteiger partial charge in [-0.2, -0.15) is 5.10 Å². The van der Waals surface area contributed by atoms with Crippen LogP contribution in [-0.4, -0.2) is 12.1 Å². The molecule has 0 bridgehead atoms. The van der Waals surface area contributed by atoms with E-state index in [0.717, 1.165) is 11.6 Å². The molecule has 0 fully saturated rings. The molecular weight excluding hydrogens is 255 g/mol. The lowest BCUT2D eigenvalue weighted by molar-refractivity contribution is 0.0954. The molecule has 1 amide bonds. The summed E-state index contributed by atoms with van der Waals surface area (Å²) in [6.45, 7) is 0. The van der Waals surface area contributed by atoms with Gasteiger partial charge in [-0.1, -0.05) is 42.5 Å². The van der Waals surface area contributed by atoms with Gasteiger partial charge in [0.05, 0.1) is 0 Å². The summed E-state index contributed by atoms with van der Waals surface area (Å²) < 4.78 is 12.9. The van der Waals surface area contributed by atoms with Gasteiger partial charge < -0.3 is 0 Å². The van der Waals surface area contributed by atoms with Gasteiger partial charge in [-0.15, -0.1) is 0 Å². The number of carbonyl (C=O) groups is 1. The number of amides is 1. The Balaban J connectivity index is 1.87. The molecule has 2 aromatic rings. The number of halogens is 1. The largest absolute Gasteiger partial charge is 0.271 e. The number of hydrazone groups is 1. The summed E-state index contributed by atoms with van der Waals surface area (Å²) in [5.74, 6) is -0.903. The maximum atomic E-state index is 12.9. The molecule has 0 aromatic heterocycles. The van der Waals surface area contributed by atoms with Crippen LogP contribution in [0, 0.1) is 5.82 Å². The van der Waals surface area contributed by atoms with E-state index in [2.05, 4.69) is 10.5 Å². The zero-order valence-corrected chi connectivity index (χ0v) is 10.7. The van der Waals surface area contributed by atoms with Crippen LogP contribution in [0.3, 0.4) is 0 Å². The van der Waals surface area contributed by atoms with Crippen molar-refractivity contribution in [1.82, 2.24) is 5.43 Å². The molecule has 20 heavy (non-hydrogen) atoms. The lowest BCUT2D eigenvalue weighted by Crippen LogP contribution is -2.17. The van der Waals surface area contributed by atoms with Gasteiger partial charge in [-0.3, -0.25) is 4.79 Å². The smallest absolute Gasteiger partial charge is 0.267 e. The summed E-state index contributed by atoms with van der Waals surface area (Å²) in [5.41, 5.74) is 3.59. The van der Waals surface area contributed by atoms with Gasteiger partial charge in [0, 0.05) is 11.8 Å². The highest BCUT2D eigenvalue weighted by molar-refractivity contribution is 5.94. The number of rotatable bonds is 4. The highest BCUT2D eigenvalue weighted by Gasteiger charge is 2.03. The minimum atomic E-state index is -0.453. The second kappa shape index (κ2) is 6.99. The van der Waals surface area contributed by atoms with Crippen molar-refractivity contribution in [1.29, 1.82) is 0 Å². The third kappa shape index (κ3) is 4.17. The SMILES string of the molecule is O=C(N/N=C/C=C/c1ccccc1)c1cccc(F)c1. The van der Waals surface area contributed by atoms with Crippen molar-refractivity contribution in [3.05, 3.63) is 77.6 Å². The third-order valence-electron chi connectivity index (χ3n) is 2.50. The quantitative estimate of drug-likeness (QED) is 0.671. The molecule has 0 saturated heterocycles. The molecule has 0 unspecified atom stereocenters. The van der Waals surface area contributed by atoms with E-state index in [1.165, 1.54) is 24.4 Å². The number of allylic oxidation sites excluding steroid dienone is 1. The Morgan fingerprint density at radius 1 is 1.10 bits per heavy atom. The molecule has 4 heteroatoms. The van der Waals surface area contributed by atoms with Crippen LogP contribution in [0.5, 0.6) is 0 Å². The van der Waals surface area contributed by atoms with E-state index in [0.29, 0.717) is 0 Å². The third-order valence-corrected chi connectivity index (χ3v) is 2.50. The lowest BCUT2D eigenvalue weighted by atomic mass is 10.2. The Morgan fingerprint density at radius 3 is 2.65 bits per heavy atom. The van der Waals surface area contributed by atoms with Gasteiger partial charge in [0.25, 0.3) is 5.91 Å². The fourth-order valence-electron chi connectivity index (χ4n) is 1.55. The van der Waals surface area contributed by atoms with Crippen LogP contribution >= 0.6 is 0 Å². The maximum Gasteiger partial charge on any atom is 0.271 e. The Bertz CT molecular complexity index is 636. The number of benzene rings is 2. The first-order valence-corrected chi connectivity index (χ1v) is 6.06. The zero-order chi connectivity index (χ0) is 14.2. The second-order valence-corrected chi connectivity index (χ2v) is 4.00. The molecular formula is C16H13FN2O. The predicted octanol–water partition coefficient (Wildman–Crippen LogP) is 3.25. The van der Waals surface area contributed by atoms with Crippen molar-refractivity contribution in [2.24, 2.45) is 5.10 Å². The van der Waals surface area contributed by atoms with Crippen LogP contribution in [0.1, 0.15) is 15.9 Å². The molecule has 0 radical (unpaired) electrons. The summed E-state index contributed by atoms with van der Waals surface area (Å²) in [4.78, 5) is 11.6. The van der Waals surface area contributed by atoms with Crippen molar-refractivity contribution >= 4 is 18.2 Å². The highest BCUT2D eigenvalue weighted by atomic mass is 19.1. The number of hydrogen-bond donors (Lipinski definition) is 1. The molecule has 2 rings (SSSR count). The van der Waals surface area contributed by atoms with Crippen LogP contribution in [0.4, 0.5) is 4.39 Å². The minimum absolute atomic E-state index is 0.231. The summed E-state index contributed by atoms with van der Waals surface area (Å²) in [6, 6.07) is 15.1. The predicted molar refractivity (Wildman–Crippen MR) is 77.8 cm³/mol. The van der Waals surface area contributed by atoms with Crippen molar-refractivity contribution in [3.8, 4) is 0 Å². The molecule has 0 aliphatic heterocycles. The standard InChI is InChI=1S/C16H13FN2O/c17-15-10-4-9-14(12-15)16(20)19-18-11-5-8-13-6-2-1-3-7-13/h1-12H,(H,19,20)/b8-5+,18-11+. The number of carbonyl (C=O) groups excluding carboxylic acids is 1. The van der Waals surface area contributed by atoms with Gasteiger partial charge in [-0.05, 0) is 29.8 Å². The van der Waals surface area contributed by atoms with Crippen LogP contribution in [0.25, 0.3) is 6.08 Å². The Morgan fingerprint density at radius 2 is 1.90 bits per heavy atom.